The third kappa shape index (κ3) is 4.00. The number of alkyl halides is 1. The van der Waals surface area contributed by atoms with E-state index in [1.165, 1.54) is 0 Å². The number of rotatable bonds is 4. The molecule has 0 fully saturated rings. The van der Waals surface area contributed by atoms with Crippen molar-refractivity contribution in [1.82, 2.24) is 10.3 Å². The summed E-state index contributed by atoms with van der Waals surface area (Å²) in [6, 6.07) is 5.29. The third-order valence-electron chi connectivity index (χ3n) is 2.08. The van der Waals surface area contributed by atoms with Crippen LogP contribution in [0.25, 0.3) is 0 Å². The number of nitrogens with one attached hydrogen (secondary N) is 1. The summed E-state index contributed by atoms with van der Waals surface area (Å²) in [6.07, 6.45) is 1.61. The van der Waals surface area contributed by atoms with Crippen molar-refractivity contribution in [3.05, 3.63) is 30.1 Å². The van der Waals surface area contributed by atoms with Gasteiger partial charge in [-0.1, -0.05) is 35.8 Å². The van der Waals surface area contributed by atoms with Gasteiger partial charge in [0.2, 0.25) is 0 Å². The monoisotopic (exact) mass is 270 g/mol. The summed E-state index contributed by atoms with van der Waals surface area (Å²) in [4.78, 5) is 15.8. The van der Waals surface area contributed by atoms with Crippen molar-refractivity contribution in [2.24, 2.45) is 5.92 Å². The molecule has 15 heavy (non-hydrogen) atoms. The van der Waals surface area contributed by atoms with E-state index < -0.39 is 0 Å². The summed E-state index contributed by atoms with van der Waals surface area (Å²) in [5.74, 6) is 0.370. The highest BCUT2D eigenvalue weighted by molar-refractivity contribution is 9.09. The minimum atomic E-state index is -0.124. The van der Waals surface area contributed by atoms with Gasteiger partial charge in [0.25, 0.3) is 5.91 Å². The van der Waals surface area contributed by atoms with Crippen LogP contribution in [0.5, 0.6) is 0 Å². The van der Waals surface area contributed by atoms with E-state index in [1.807, 2.05) is 0 Å². The normalized spacial score (nSPS) is 12.5. The topological polar surface area (TPSA) is 42.0 Å². The quantitative estimate of drug-likeness (QED) is 0.853. The fraction of sp³-hybridized carbons (Fsp3) is 0.455. The molecule has 4 heteroatoms. The summed E-state index contributed by atoms with van der Waals surface area (Å²) in [6.45, 7) is 4.83. The smallest absolute Gasteiger partial charge is 0.269 e. The van der Waals surface area contributed by atoms with Gasteiger partial charge in [-0.05, 0) is 18.1 Å². The van der Waals surface area contributed by atoms with Crippen LogP contribution in [0.4, 0.5) is 0 Å². The Bertz CT molecular complexity index is 314. The van der Waals surface area contributed by atoms with Crippen molar-refractivity contribution >= 4 is 21.8 Å². The molecule has 0 saturated carbocycles. The fourth-order valence-corrected chi connectivity index (χ4v) is 1.18. The molecule has 0 aliphatic carbocycles. The van der Waals surface area contributed by atoms with E-state index in [4.69, 9.17) is 0 Å². The predicted molar refractivity (Wildman–Crippen MR) is 64.1 cm³/mol. The minimum absolute atomic E-state index is 0.124. The lowest BCUT2D eigenvalue weighted by atomic mass is 10.1. The van der Waals surface area contributed by atoms with Crippen molar-refractivity contribution in [2.75, 3.05) is 6.54 Å². The Morgan fingerprint density at radius 2 is 2.27 bits per heavy atom. The van der Waals surface area contributed by atoms with Crippen LogP contribution in [-0.4, -0.2) is 22.3 Å². The van der Waals surface area contributed by atoms with Crippen LogP contribution in [0.2, 0.25) is 0 Å². The third-order valence-corrected chi connectivity index (χ3v) is 3.46. The molecule has 1 heterocycles. The highest BCUT2D eigenvalue weighted by atomic mass is 79.9. The summed E-state index contributed by atoms with van der Waals surface area (Å²) in [7, 11) is 0. The number of aromatic nitrogens is 1. The van der Waals surface area contributed by atoms with Gasteiger partial charge < -0.3 is 5.32 Å². The van der Waals surface area contributed by atoms with Gasteiger partial charge in [0, 0.05) is 17.6 Å². The lowest BCUT2D eigenvalue weighted by Gasteiger charge is -2.13. The summed E-state index contributed by atoms with van der Waals surface area (Å²) in [5.41, 5.74) is 0.459. The Hall–Kier alpha value is -0.900. The highest BCUT2D eigenvalue weighted by Crippen LogP contribution is 2.10. The molecule has 0 spiro atoms. The second-order valence-electron chi connectivity index (χ2n) is 3.69. The van der Waals surface area contributed by atoms with E-state index in [0.29, 0.717) is 23.0 Å². The molecule has 1 aromatic rings. The van der Waals surface area contributed by atoms with Gasteiger partial charge in [0.15, 0.2) is 0 Å². The van der Waals surface area contributed by atoms with E-state index in [-0.39, 0.29) is 5.91 Å². The molecule has 1 amide bonds. The van der Waals surface area contributed by atoms with Gasteiger partial charge in [-0.2, -0.15) is 0 Å². The molecule has 1 atom stereocenters. The number of hydrogen-bond donors (Lipinski definition) is 1. The Morgan fingerprint density at radius 1 is 1.53 bits per heavy atom. The molecule has 0 radical (unpaired) electrons. The average Bonchev–Trinajstić information content (AvgIpc) is 2.26. The summed E-state index contributed by atoms with van der Waals surface area (Å²) >= 11 is 3.51. The zero-order valence-electron chi connectivity index (χ0n) is 8.90. The van der Waals surface area contributed by atoms with Gasteiger partial charge in [0.05, 0.1) is 0 Å². The van der Waals surface area contributed by atoms with Crippen LogP contribution in [0, 0.1) is 5.92 Å². The second-order valence-corrected chi connectivity index (χ2v) is 4.86. The molecule has 0 aromatic carbocycles. The summed E-state index contributed by atoms with van der Waals surface area (Å²) in [5, 5.41) is 2.83. The fourth-order valence-electron chi connectivity index (χ4n) is 1.01. The molecule has 3 nitrogen and oxygen atoms in total. The maximum Gasteiger partial charge on any atom is 0.269 e. The lowest BCUT2D eigenvalue weighted by Crippen LogP contribution is -2.32. The molecule has 82 valence electrons. The van der Waals surface area contributed by atoms with Gasteiger partial charge in [0.1, 0.15) is 5.69 Å². The Kier molecular flexibility index (Phi) is 4.75. The first-order chi connectivity index (χ1) is 7.11. The van der Waals surface area contributed by atoms with E-state index in [0.717, 1.165) is 0 Å². The van der Waals surface area contributed by atoms with Gasteiger partial charge in [-0.15, -0.1) is 0 Å². The number of pyridine rings is 1. The van der Waals surface area contributed by atoms with E-state index in [1.54, 1.807) is 24.4 Å². The van der Waals surface area contributed by atoms with Crippen LogP contribution in [0.15, 0.2) is 24.4 Å². The van der Waals surface area contributed by atoms with Crippen LogP contribution in [0.1, 0.15) is 24.3 Å². The first kappa shape index (κ1) is 12.2. The highest BCUT2D eigenvalue weighted by Gasteiger charge is 2.11. The van der Waals surface area contributed by atoms with Crippen LogP contribution in [-0.2, 0) is 0 Å². The standard InChI is InChI=1S/C11H15BrN2O/c1-8(2)9(12)7-14-11(15)10-5-3-4-6-13-10/h3-6,8-9H,7H2,1-2H3,(H,14,15). The zero-order valence-corrected chi connectivity index (χ0v) is 10.5. The molecule has 1 aromatic heterocycles. The Morgan fingerprint density at radius 3 is 2.80 bits per heavy atom. The van der Waals surface area contributed by atoms with Gasteiger partial charge in [-0.3, -0.25) is 9.78 Å². The van der Waals surface area contributed by atoms with Crippen molar-refractivity contribution in [1.29, 1.82) is 0 Å². The molecule has 1 unspecified atom stereocenters. The SMILES string of the molecule is CC(C)C(Br)CNC(=O)c1ccccn1. The maximum absolute atomic E-state index is 11.6. The largest absolute Gasteiger partial charge is 0.350 e. The van der Waals surface area contributed by atoms with E-state index in [2.05, 4.69) is 40.1 Å². The maximum atomic E-state index is 11.6. The average molecular weight is 271 g/mol. The van der Waals surface area contributed by atoms with E-state index >= 15 is 0 Å². The van der Waals surface area contributed by atoms with Crippen LogP contribution >= 0.6 is 15.9 Å². The van der Waals surface area contributed by atoms with Crippen molar-refractivity contribution in [3.8, 4) is 0 Å². The number of nitrogens with zero attached hydrogens (tertiary/aromatic N) is 1. The number of carbonyl (C=O) groups excluding carboxylic acids is 1. The number of amides is 1. The lowest BCUT2D eigenvalue weighted by molar-refractivity contribution is 0.0948. The number of hydrogen-bond acceptors (Lipinski definition) is 2. The minimum Gasteiger partial charge on any atom is -0.350 e. The molecular formula is C11H15BrN2O. The van der Waals surface area contributed by atoms with Gasteiger partial charge >= 0.3 is 0 Å². The Labute approximate surface area is 98.4 Å². The molecular weight excluding hydrogens is 256 g/mol. The van der Waals surface area contributed by atoms with Gasteiger partial charge in [-0.25, -0.2) is 0 Å². The molecule has 0 saturated heterocycles. The summed E-state index contributed by atoms with van der Waals surface area (Å²) < 4.78 is 0. The van der Waals surface area contributed by atoms with Crippen molar-refractivity contribution in [3.63, 3.8) is 0 Å². The van der Waals surface area contributed by atoms with Crippen LogP contribution in [0.3, 0.4) is 0 Å². The molecule has 0 bridgehead atoms. The molecule has 0 aliphatic heterocycles. The molecule has 1 rings (SSSR count). The first-order valence-electron chi connectivity index (χ1n) is 4.94. The first-order valence-corrected chi connectivity index (χ1v) is 5.86. The Balaban J connectivity index is 2.44. The van der Waals surface area contributed by atoms with Crippen molar-refractivity contribution in [2.45, 2.75) is 18.7 Å². The molecule has 1 N–H and O–H groups in total. The number of carbonyl (C=O) groups is 1. The van der Waals surface area contributed by atoms with E-state index in [9.17, 15) is 4.79 Å². The second kappa shape index (κ2) is 5.85. The zero-order chi connectivity index (χ0) is 11.3. The van der Waals surface area contributed by atoms with Crippen LogP contribution < -0.4 is 5.32 Å². The van der Waals surface area contributed by atoms with Crippen molar-refractivity contribution < 1.29 is 4.79 Å². The predicted octanol–water partition coefficient (Wildman–Crippen LogP) is 2.23. The number of halogens is 1. The molecule has 0 aliphatic rings.